The summed E-state index contributed by atoms with van der Waals surface area (Å²) in [4.78, 5) is 0. The molecule has 1 atom stereocenters. The first-order valence-corrected chi connectivity index (χ1v) is 4.94. The van der Waals surface area contributed by atoms with Crippen LogP contribution in [0.15, 0.2) is 30.3 Å². The van der Waals surface area contributed by atoms with Crippen molar-refractivity contribution in [2.75, 3.05) is 13.1 Å². The number of hydrogen-bond acceptors (Lipinski definition) is 3. The van der Waals surface area contributed by atoms with Crippen molar-refractivity contribution in [3.05, 3.63) is 35.9 Å². The van der Waals surface area contributed by atoms with Gasteiger partial charge in [0.15, 0.2) is 0 Å². The Morgan fingerprint density at radius 2 is 2.14 bits per heavy atom. The lowest BCUT2D eigenvalue weighted by molar-refractivity contribution is -0.0827. The number of hydrogen-bond donors (Lipinski definition) is 1. The molecule has 1 aromatic carbocycles. The van der Waals surface area contributed by atoms with Gasteiger partial charge in [-0.3, -0.25) is 0 Å². The Hall–Kier alpha value is -0.900. The van der Waals surface area contributed by atoms with Gasteiger partial charge in [0.25, 0.3) is 0 Å². The number of ether oxygens (including phenoxy) is 1. The van der Waals surface area contributed by atoms with E-state index in [0.717, 1.165) is 13.0 Å². The molecule has 1 saturated heterocycles. The summed E-state index contributed by atoms with van der Waals surface area (Å²) < 4.78 is 5.66. The van der Waals surface area contributed by atoms with E-state index >= 15 is 0 Å². The Labute approximate surface area is 83.9 Å². The molecular weight excluding hydrogens is 178 g/mol. The van der Waals surface area contributed by atoms with Crippen molar-refractivity contribution in [1.82, 2.24) is 5.06 Å². The van der Waals surface area contributed by atoms with Crippen molar-refractivity contribution >= 4 is 0 Å². The quantitative estimate of drug-likeness (QED) is 0.792. The Morgan fingerprint density at radius 1 is 1.36 bits per heavy atom. The van der Waals surface area contributed by atoms with E-state index in [-0.39, 0.29) is 6.10 Å². The topological polar surface area (TPSA) is 32.7 Å². The van der Waals surface area contributed by atoms with Crippen LogP contribution >= 0.6 is 0 Å². The smallest absolute Gasteiger partial charge is 0.0742 e. The van der Waals surface area contributed by atoms with Crippen LogP contribution in [-0.2, 0) is 11.3 Å². The summed E-state index contributed by atoms with van der Waals surface area (Å²) >= 11 is 0. The van der Waals surface area contributed by atoms with E-state index < -0.39 is 0 Å². The Balaban J connectivity index is 1.78. The second-order valence-electron chi connectivity index (χ2n) is 3.62. The van der Waals surface area contributed by atoms with Crippen molar-refractivity contribution in [2.24, 2.45) is 0 Å². The van der Waals surface area contributed by atoms with Crippen LogP contribution in [-0.4, -0.2) is 29.5 Å². The summed E-state index contributed by atoms with van der Waals surface area (Å²) in [6.45, 7) is 1.99. The fourth-order valence-electron chi connectivity index (χ4n) is 1.63. The van der Waals surface area contributed by atoms with Gasteiger partial charge in [-0.15, -0.1) is 0 Å². The second kappa shape index (κ2) is 4.55. The number of rotatable bonds is 3. The van der Waals surface area contributed by atoms with Crippen LogP contribution in [0.4, 0.5) is 0 Å². The third-order valence-corrected chi connectivity index (χ3v) is 2.45. The third kappa shape index (κ3) is 2.54. The summed E-state index contributed by atoms with van der Waals surface area (Å²) in [5.41, 5.74) is 1.18. The van der Waals surface area contributed by atoms with Gasteiger partial charge in [-0.2, -0.15) is 5.06 Å². The Bertz CT molecular complexity index is 276. The van der Waals surface area contributed by atoms with Gasteiger partial charge in [0.1, 0.15) is 0 Å². The predicted octanol–water partition coefficient (Wildman–Crippen LogP) is 1.67. The molecule has 0 radical (unpaired) electrons. The molecule has 0 aromatic heterocycles. The minimum absolute atomic E-state index is 0.181. The summed E-state index contributed by atoms with van der Waals surface area (Å²) in [7, 11) is 0. The number of hydroxylamine groups is 2. The highest BCUT2D eigenvalue weighted by Crippen LogP contribution is 2.12. The molecule has 76 valence electrons. The van der Waals surface area contributed by atoms with Crippen molar-refractivity contribution in [1.29, 1.82) is 0 Å². The van der Waals surface area contributed by atoms with E-state index in [0.29, 0.717) is 13.2 Å². The molecule has 3 heteroatoms. The molecule has 1 aliphatic heterocycles. The largest absolute Gasteiger partial charge is 0.372 e. The van der Waals surface area contributed by atoms with Crippen LogP contribution in [0.25, 0.3) is 0 Å². The van der Waals surface area contributed by atoms with Crippen LogP contribution in [0, 0.1) is 0 Å². The van der Waals surface area contributed by atoms with Gasteiger partial charge in [0, 0.05) is 6.54 Å². The molecule has 1 N–H and O–H groups in total. The number of benzene rings is 1. The van der Waals surface area contributed by atoms with Gasteiger partial charge in [0.2, 0.25) is 0 Å². The second-order valence-corrected chi connectivity index (χ2v) is 3.62. The van der Waals surface area contributed by atoms with Crippen LogP contribution in [0.5, 0.6) is 0 Å². The zero-order valence-corrected chi connectivity index (χ0v) is 8.10. The highest BCUT2D eigenvalue weighted by atomic mass is 16.5. The first-order chi connectivity index (χ1) is 6.84. The molecule has 14 heavy (non-hydrogen) atoms. The molecular formula is C11H15NO2. The fraction of sp³-hybridized carbons (Fsp3) is 0.455. The van der Waals surface area contributed by atoms with E-state index in [2.05, 4.69) is 0 Å². The van der Waals surface area contributed by atoms with Gasteiger partial charge in [-0.1, -0.05) is 30.3 Å². The van der Waals surface area contributed by atoms with Crippen molar-refractivity contribution in [3.8, 4) is 0 Å². The van der Waals surface area contributed by atoms with E-state index in [9.17, 15) is 0 Å². The lowest BCUT2D eigenvalue weighted by atomic mass is 10.2. The van der Waals surface area contributed by atoms with E-state index in [4.69, 9.17) is 9.94 Å². The fourth-order valence-corrected chi connectivity index (χ4v) is 1.63. The van der Waals surface area contributed by atoms with Gasteiger partial charge in [-0.05, 0) is 12.0 Å². The van der Waals surface area contributed by atoms with Crippen molar-refractivity contribution in [3.63, 3.8) is 0 Å². The maximum atomic E-state index is 9.15. The SMILES string of the molecule is ON1CC[C@H](OCc2ccccc2)C1. The zero-order chi connectivity index (χ0) is 9.80. The average Bonchev–Trinajstić information content (AvgIpc) is 2.63. The molecule has 1 fully saturated rings. The van der Waals surface area contributed by atoms with Crippen LogP contribution in [0.1, 0.15) is 12.0 Å². The zero-order valence-electron chi connectivity index (χ0n) is 8.10. The highest BCUT2D eigenvalue weighted by molar-refractivity contribution is 5.13. The van der Waals surface area contributed by atoms with Crippen molar-refractivity contribution < 1.29 is 9.94 Å². The Kier molecular flexibility index (Phi) is 3.14. The molecule has 0 amide bonds. The standard InChI is InChI=1S/C11H15NO2/c13-12-7-6-11(8-12)14-9-10-4-2-1-3-5-10/h1-5,11,13H,6-9H2/t11-/m0/s1. The monoisotopic (exact) mass is 193 g/mol. The van der Waals surface area contributed by atoms with Crippen LogP contribution in [0.3, 0.4) is 0 Å². The minimum Gasteiger partial charge on any atom is -0.372 e. The summed E-state index contributed by atoms with van der Waals surface area (Å²) in [5.74, 6) is 0. The molecule has 0 unspecified atom stereocenters. The summed E-state index contributed by atoms with van der Waals surface area (Å²) in [5, 5.41) is 10.5. The molecule has 1 aliphatic rings. The molecule has 1 heterocycles. The minimum atomic E-state index is 0.181. The Morgan fingerprint density at radius 3 is 2.79 bits per heavy atom. The maximum Gasteiger partial charge on any atom is 0.0742 e. The van der Waals surface area contributed by atoms with Crippen LogP contribution in [0.2, 0.25) is 0 Å². The first-order valence-electron chi connectivity index (χ1n) is 4.94. The van der Waals surface area contributed by atoms with Crippen LogP contribution < -0.4 is 0 Å². The van der Waals surface area contributed by atoms with Crippen molar-refractivity contribution in [2.45, 2.75) is 19.1 Å². The normalized spacial score (nSPS) is 22.8. The first kappa shape index (κ1) is 9.65. The third-order valence-electron chi connectivity index (χ3n) is 2.45. The summed E-state index contributed by atoms with van der Waals surface area (Å²) in [6, 6.07) is 10.1. The lowest BCUT2D eigenvalue weighted by Crippen LogP contribution is -2.19. The molecule has 0 bridgehead atoms. The molecule has 0 saturated carbocycles. The van der Waals surface area contributed by atoms with E-state index in [1.165, 1.54) is 10.6 Å². The predicted molar refractivity (Wildman–Crippen MR) is 53.0 cm³/mol. The lowest BCUT2D eigenvalue weighted by Gasteiger charge is -2.11. The maximum absolute atomic E-state index is 9.15. The molecule has 0 spiro atoms. The van der Waals surface area contributed by atoms with Gasteiger partial charge in [0.05, 0.1) is 19.3 Å². The average molecular weight is 193 g/mol. The molecule has 2 rings (SSSR count). The van der Waals surface area contributed by atoms with Gasteiger partial charge in [-0.25, -0.2) is 0 Å². The number of nitrogens with zero attached hydrogens (tertiary/aromatic N) is 1. The van der Waals surface area contributed by atoms with E-state index in [1.54, 1.807) is 0 Å². The van der Waals surface area contributed by atoms with Gasteiger partial charge >= 0.3 is 0 Å². The van der Waals surface area contributed by atoms with Gasteiger partial charge < -0.3 is 9.94 Å². The highest BCUT2D eigenvalue weighted by Gasteiger charge is 2.21. The van der Waals surface area contributed by atoms with E-state index in [1.807, 2.05) is 30.3 Å². The summed E-state index contributed by atoms with van der Waals surface area (Å²) in [6.07, 6.45) is 1.10. The molecule has 0 aliphatic carbocycles. The molecule has 1 aromatic rings. The molecule has 3 nitrogen and oxygen atoms in total.